The van der Waals surface area contributed by atoms with Crippen LogP contribution < -0.4 is 33.2 Å². The first-order chi connectivity index (χ1) is 21.0. The molecule has 17 nitrogen and oxygen atoms in total. The van der Waals surface area contributed by atoms with Crippen molar-refractivity contribution in [1.82, 2.24) is 35.9 Å². The second kappa shape index (κ2) is 16.3. The van der Waals surface area contributed by atoms with Crippen molar-refractivity contribution in [3.05, 3.63) is 66.3 Å². The van der Waals surface area contributed by atoms with E-state index in [0.29, 0.717) is 17.0 Å². The van der Waals surface area contributed by atoms with E-state index in [1.54, 1.807) is 12.1 Å². The topological polar surface area (TPSA) is 293 Å². The third-order valence-electron chi connectivity index (χ3n) is 6.51. The number of phenols is 1. The minimum atomic E-state index is -1.32. The highest BCUT2D eigenvalue weighted by atomic mass is 16.4. The van der Waals surface area contributed by atoms with Crippen molar-refractivity contribution in [3.8, 4) is 5.75 Å². The van der Waals surface area contributed by atoms with Crippen LogP contribution in [0, 0.1) is 0 Å². The van der Waals surface area contributed by atoms with Crippen LogP contribution in [0.4, 0.5) is 0 Å². The van der Waals surface area contributed by atoms with Crippen LogP contribution in [0.25, 0.3) is 0 Å². The molecule has 17 heteroatoms. The summed E-state index contributed by atoms with van der Waals surface area (Å²) in [5, 5.41) is 26.9. The van der Waals surface area contributed by atoms with Gasteiger partial charge in [-0.05, 0) is 37.0 Å². The smallest absolute Gasteiger partial charge is 0.326 e. The van der Waals surface area contributed by atoms with E-state index in [4.69, 9.17) is 17.2 Å². The molecule has 3 aromatic rings. The minimum absolute atomic E-state index is 0.0105. The summed E-state index contributed by atoms with van der Waals surface area (Å²) in [5.74, 6) is -3.47. The van der Waals surface area contributed by atoms with Crippen LogP contribution in [0.3, 0.4) is 0 Å². The number of aromatic nitrogens is 4. The molecule has 0 bridgehead atoms. The van der Waals surface area contributed by atoms with E-state index in [0.717, 1.165) is 0 Å². The second-order valence-electron chi connectivity index (χ2n) is 10.0. The molecule has 3 rings (SSSR count). The molecule has 0 aliphatic carbocycles. The second-order valence-corrected chi connectivity index (χ2v) is 10.0. The maximum atomic E-state index is 13.5. The number of hydrogen-bond donors (Lipinski definition) is 10. The number of amides is 3. The van der Waals surface area contributed by atoms with Crippen LogP contribution in [0.1, 0.15) is 29.8 Å². The molecule has 2 heterocycles. The molecule has 0 saturated heterocycles. The lowest BCUT2D eigenvalue weighted by Gasteiger charge is -2.25. The zero-order chi connectivity index (χ0) is 32.1. The molecule has 0 saturated carbocycles. The average Bonchev–Trinajstić information content (AvgIpc) is 3.69. The molecule has 0 aliphatic rings. The molecule has 1 aromatic carbocycles. The largest absolute Gasteiger partial charge is 0.508 e. The highest BCUT2D eigenvalue weighted by Gasteiger charge is 2.31. The summed E-state index contributed by atoms with van der Waals surface area (Å²) in [4.78, 5) is 69.1. The van der Waals surface area contributed by atoms with Crippen molar-refractivity contribution in [3.63, 3.8) is 0 Å². The Morgan fingerprint density at radius 2 is 1.36 bits per heavy atom. The Balaban J connectivity index is 1.75. The van der Waals surface area contributed by atoms with Gasteiger partial charge >= 0.3 is 5.97 Å². The molecule has 236 valence electrons. The Hall–Kier alpha value is -5.45. The number of benzene rings is 1. The molecular weight excluding hydrogens is 574 g/mol. The predicted octanol–water partition coefficient (Wildman–Crippen LogP) is -2.21. The Kier molecular flexibility index (Phi) is 12.2. The number of imidazole rings is 2. The number of H-pyrrole nitrogens is 2. The van der Waals surface area contributed by atoms with E-state index < -0.39 is 47.9 Å². The molecule has 0 aliphatic heterocycles. The summed E-state index contributed by atoms with van der Waals surface area (Å²) < 4.78 is 0. The molecule has 2 aromatic heterocycles. The summed E-state index contributed by atoms with van der Waals surface area (Å²) >= 11 is 0. The van der Waals surface area contributed by atoms with Gasteiger partial charge in [0.1, 0.15) is 23.9 Å². The van der Waals surface area contributed by atoms with Crippen LogP contribution in [-0.4, -0.2) is 90.5 Å². The van der Waals surface area contributed by atoms with Gasteiger partial charge in [0.2, 0.25) is 17.7 Å². The molecule has 0 fully saturated rings. The molecule has 13 N–H and O–H groups in total. The number of carbonyl (C=O) groups excluding carboxylic acids is 3. The van der Waals surface area contributed by atoms with E-state index in [9.17, 15) is 29.4 Å². The number of nitrogens with one attached hydrogen (secondary N) is 5. The van der Waals surface area contributed by atoms with E-state index >= 15 is 0 Å². The third kappa shape index (κ3) is 10.8. The number of nitrogens with zero attached hydrogens (tertiary/aromatic N) is 3. The molecule has 44 heavy (non-hydrogen) atoms. The maximum Gasteiger partial charge on any atom is 0.326 e. The summed E-state index contributed by atoms with van der Waals surface area (Å²) in [6.45, 7) is 0.152. The maximum absolute atomic E-state index is 13.5. The van der Waals surface area contributed by atoms with Crippen LogP contribution >= 0.6 is 0 Å². The molecule has 0 spiro atoms. The third-order valence-corrected chi connectivity index (χ3v) is 6.51. The normalized spacial score (nSPS) is 13.6. The quantitative estimate of drug-likeness (QED) is 0.0443. The van der Waals surface area contributed by atoms with Gasteiger partial charge in [0.15, 0.2) is 5.96 Å². The first-order valence-electron chi connectivity index (χ1n) is 13.7. The van der Waals surface area contributed by atoms with Gasteiger partial charge in [-0.2, -0.15) is 0 Å². The first-order valence-corrected chi connectivity index (χ1v) is 13.7. The van der Waals surface area contributed by atoms with Gasteiger partial charge in [-0.25, -0.2) is 14.8 Å². The van der Waals surface area contributed by atoms with Gasteiger partial charge in [-0.15, -0.1) is 0 Å². The number of nitrogens with two attached hydrogens (primary N) is 3. The van der Waals surface area contributed by atoms with E-state index in [-0.39, 0.29) is 50.4 Å². The van der Waals surface area contributed by atoms with Crippen LogP contribution in [0.15, 0.2) is 54.3 Å². The van der Waals surface area contributed by atoms with Crippen LogP contribution in [0.2, 0.25) is 0 Å². The van der Waals surface area contributed by atoms with Gasteiger partial charge in [0, 0.05) is 43.2 Å². The van der Waals surface area contributed by atoms with Crippen molar-refractivity contribution < 1.29 is 29.4 Å². The summed E-state index contributed by atoms with van der Waals surface area (Å²) in [5.41, 5.74) is 18.6. The Labute approximate surface area is 252 Å². The predicted molar refractivity (Wildman–Crippen MR) is 158 cm³/mol. The number of carbonyl (C=O) groups is 4. The van der Waals surface area contributed by atoms with E-state index in [1.165, 1.54) is 37.2 Å². The highest BCUT2D eigenvalue weighted by Crippen LogP contribution is 2.11. The number of hydrogen-bond acceptors (Lipinski definition) is 9. The van der Waals surface area contributed by atoms with Crippen molar-refractivity contribution in [2.45, 2.75) is 56.3 Å². The minimum Gasteiger partial charge on any atom is -0.508 e. The Morgan fingerprint density at radius 3 is 1.91 bits per heavy atom. The summed E-state index contributed by atoms with van der Waals surface area (Å²) in [6, 6.07) is 1.45. The molecule has 4 atom stereocenters. The number of carboxylic acid groups (broad SMARTS) is 1. The van der Waals surface area contributed by atoms with Crippen molar-refractivity contribution in [2.75, 3.05) is 6.54 Å². The number of carboxylic acids is 1. The number of rotatable bonds is 17. The van der Waals surface area contributed by atoms with Gasteiger partial charge in [0.05, 0.1) is 18.7 Å². The van der Waals surface area contributed by atoms with Gasteiger partial charge < -0.3 is 53.3 Å². The number of aliphatic imine (C=N–C) groups is 1. The van der Waals surface area contributed by atoms with Gasteiger partial charge in [0.25, 0.3) is 0 Å². The molecule has 4 unspecified atom stereocenters. The SMILES string of the molecule is NC(N)=NCCCC(NC(=O)C(Cc1cnc[nH]1)NC(=O)C(N)Cc1ccc(O)cc1)C(=O)NC(Cc1cnc[nH]1)C(=O)O. The van der Waals surface area contributed by atoms with Crippen molar-refractivity contribution >= 4 is 29.7 Å². The fourth-order valence-corrected chi connectivity index (χ4v) is 4.22. The zero-order valence-corrected chi connectivity index (χ0v) is 23.8. The van der Waals surface area contributed by atoms with Gasteiger partial charge in [-0.3, -0.25) is 19.4 Å². The number of aromatic hydroxyl groups is 1. The summed E-state index contributed by atoms with van der Waals surface area (Å²) in [7, 11) is 0. The number of guanidine groups is 1. The standard InChI is InChI=1S/C27H37N11O6/c28-19(8-15-3-5-18(39)6-4-15)23(40)37-21(9-16-11-31-13-34-16)25(42)36-20(2-1-7-33-27(29)30)24(41)38-22(26(43)44)10-17-12-32-14-35-17/h3-6,11-14,19-22,39H,1-2,7-10,28H2,(H,31,34)(H,32,35)(H,36,42)(H,37,40)(H,38,41)(H,43,44)(H4,29,30,33). The van der Waals surface area contributed by atoms with E-state index in [1.807, 2.05) is 0 Å². The first kappa shape index (κ1) is 33.1. The lowest BCUT2D eigenvalue weighted by molar-refractivity contribution is -0.142. The highest BCUT2D eigenvalue weighted by molar-refractivity contribution is 5.94. The lowest BCUT2D eigenvalue weighted by Crippen LogP contribution is -2.58. The number of aliphatic carboxylic acids is 1. The fourth-order valence-electron chi connectivity index (χ4n) is 4.22. The van der Waals surface area contributed by atoms with E-state index in [2.05, 4.69) is 40.9 Å². The zero-order valence-electron chi connectivity index (χ0n) is 23.8. The monoisotopic (exact) mass is 611 g/mol. The van der Waals surface area contributed by atoms with Crippen LogP contribution in [-0.2, 0) is 38.4 Å². The Bertz CT molecular complexity index is 1390. The van der Waals surface area contributed by atoms with Crippen molar-refractivity contribution in [2.24, 2.45) is 22.2 Å². The molecule has 0 radical (unpaired) electrons. The molecule has 3 amide bonds. The Morgan fingerprint density at radius 1 is 0.818 bits per heavy atom. The number of phenolic OH excluding ortho intramolecular Hbond substituents is 1. The van der Waals surface area contributed by atoms with Crippen LogP contribution in [0.5, 0.6) is 5.75 Å². The summed E-state index contributed by atoms with van der Waals surface area (Å²) in [6.07, 6.45) is 6.08. The van der Waals surface area contributed by atoms with Crippen molar-refractivity contribution in [1.29, 1.82) is 0 Å². The lowest BCUT2D eigenvalue weighted by atomic mass is 10.0. The molecular formula is C27H37N11O6. The fraction of sp³-hybridized carbons (Fsp3) is 0.370. The number of aromatic amines is 2. The average molecular weight is 612 g/mol. The van der Waals surface area contributed by atoms with Gasteiger partial charge in [-0.1, -0.05) is 12.1 Å².